The van der Waals surface area contributed by atoms with E-state index in [-0.39, 0.29) is 6.04 Å². The van der Waals surface area contributed by atoms with Gasteiger partial charge in [0.2, 0.25) is 0 Å². The van der Waals surface area contributed by atoms with Gasteiger partial charge in [-0.05, 0) is 51.8 Å². The summed E-state index contributed by atoms with van der Waals surface area (Å²) >= 11 is 0. The number of aryl methyl sites for hydroxylation is 3. The van der Waals surface area contributed by atoms with Gasteiger partial charge in [0.15, 0.2) is 0 Å². The topological polar surface area (TPSA) is 43.0 Å². The summed E-state index contributed by atoms with van der Waals surface area (Å²) in [6.07, 6.45) is 5.03. The zero-order valence-corrected chi connectivity index (χ0v) is 13.2. The van der Waals surface area contributed by atoms with Crippen LogP contribution in [0.3, 0.4) is 0 Å². The Morgan fingerprint density at radius 3 is 2.50 bits per heavy atom. The molecule has 2 heterocycles. The Kier molecular flexibility index (Phi) is 4.65. The number of furan rings is 1. The monoisotopic (exact) mass is 275 g/mol. The van der Waals surface area contributed by atoms with Crippen LogP contribution >= 0.6 is 0 Å². The van der Waals surface area contributed by atoms with E-state index in [9.17, 15) is 0 Å². The number of hydrogen-bond donors (Lipinski definition) is 1. The van der Waals surface area contributed by atoms with Gasteiger partial charge in [-0.3, -0.25) is 4.68 Å². The molecule has 1 N–H and O–H groups in total. The van der Waals surface area contributed by atoms with Gasteiger partial charge in [-0.15, -0.1) is 0 Å². The first kappa shape index (κ1) is 14.9. The van der Waals surface area contributed by atoms with E-state index >= 15 is 0 Å². The minimum Gasteiger partial charge on any atom is -0.466 e. The maximum atomic E-state index is 5.78. The first-order valence-electron chi connectivity index (χ1n) is 7.38. The molecular formula is C16H25N3O. The van der Waals surface area contributed by atoms with Crippen molar-refractivity contribution in [3.63, 3.8) is 0 Å². The molecule has 0 radical (unpaired) electrons. The van der Waals surface area contributed by atoms with Gasteiger partial charge in [-0.2, -0.15) is 5.10 Å². The summed E-state index contributed by atoms with van der Waals surface area (Å²) in [5.74, 6) is 2.04. The highest BCUT2D eigenvalue weighted by atomic mass is 16.3. The molecule has 0 bridgehead atoms. The second-order valence-electron chi connectivity index (χ2n) is 5.27. The molecule has 0 saturated carbocycles. The molecule has 2 rings (SSSR count). The third-order valence-corrected chi connectivity index (χ3v) is 3.87. The number of hydrogen-bond acceptors (Lipinski definition) is 3. The molecule has 1 unspecified atom stereocenters. The van der Waals surface area contributed by atoms with E-state index in [1.54, 1.807) is 0 Å². The first-order chi connectivity index (χ1) is 9.56. The van der Waals surface area contributed by atoms with Crippen LogP contribution < -0.4 is 5.32 Å². The minimum atomic E-state index is 0.284. The smallest absolute Gasteiger partial charge is 0.106 e. The van der Waals surface area contributed by atoms with Crippen molar-refractivity contribution in [2.45, 2.75) is 53.6 Å². The zero-order chi connectivity index (χ0) is 14.7. The van der Waals surface area contributed by atoms with Crippen LogP contribution in [0.25, 0.3) is 0 Å². The molecule has 110 valence electrons. The fourth-order valence-corrected chi connectivity index (χ4v) is 2.76. The predicted octanol–water partition coefficient (Wildman–Crippen LogP) is 3.31. The van der Waals surface area contributed by atoms with E-state index in [1.807, 2.05) is 17.8 Å². The Bertz CT molecular complexity index is 568. The Hall–Kier alpha value is -1.55. The summed E-state index contributed by atoms with van der Waals surface area (Å²) in [5, 5.41) is 7.93. The van der Waals surface area contributed by atoms with E-state index < -0.39 is 0 Å². The van der Waals surface area contributed by atoms with Crippen LogP contribution in [0, 0.1) is 20.8 Å². The van der Waals surface area contributed by atoms with Gasteiger partial charge < -0.3 is 9.73 Å². The average Bonchev–Trinajstić information content (AvgIpc) is 2.95. The average molecular weight is 275 g/mol. The number of likely N-dealkylation sites (N-methyl/N-ethyl adjacent to an activating group) is 1. The molecule has 4 nitrogen and oxygen atoms in total. The van der Waals surface area contributed by atoms with E-state index in [2.05, 4.69) is 44.3 Å². The van der Waals surface area contributed by atoms with E-state index in [1.165, 1.54) is 16.7 Å². The molecule has 0 spiro atoms. The molecule has 0 aliphatic rings. The van der Waals surface area contributed by atoms with E-state index in [4.69, 9.17) is 4.42 Å². The second-order valence-corrected chi connectivity index (χ2v) is 5.27. The van der Waals surface area contributed by atoms with Crippen molar-refractivity contribution in [2.75, 3.05) is 6.54 Å². The molecule has 0 fully saturated rings. The van der Waals surface area contributed by atoms with Crippen LogP contribution in [0.2, 0.25) is 0 Å². The molecule has 2 aromatic heterocycles. The Labute approximate surface area is 121 Å². The molecular weight excluding hydrogens is 250 g/mol. The van der Waals surface area contributed by atoms with E-state index in [0.29, 0.717) is 0 Å². The molecule has 0 aromatic carbocycles. The highest BCUT2D eigenvalue weighted by Crippen LogP contribution is 2.29. The molecule has 0 amide bonds. The number of nitrogens with zero attached hydrogens (tertiary/aromatic N) is 2. The van der Waals surface area contributed by atoms with Crippen LogP contribution in [0.1, 0.15) is 48.1 Å². The molecule has 0 saturated heterocycles. The van der Waals surface area contributed by atoms with Crippen molar-refractivity contribution in [1.29, 1.82) is 0 Å². The largest absolute Gasteiger partial charge is 0.466 e. The molecule has 0 aliphatic heterocycles. The summed E-state index contributed by atoms with van der Waals surface area (Å²) < 4.78 is 7.75. The van der Waals surface area contributed by atoms with Crippen molar-refractivity contribution < 1.29 is 4.42 Å². The Balaban J connectivity index is 2.26. The lowest BCUT2D eigenvalue weighted by molar-refractivity contribution is 0.484. The van der Waals surface area contributed by atoms with Crippen LogP contribution in [0.5, 0.6) is 0 Å². The highest BCUT2D eigenvalue weighted by molar-refractivity contribution is 5.35. The normalized spacial score (nSPS) is 12.8. The van der Waals surface area contributed by atoms with Gasteiger partial charge >= 0.3 is 0 Å². The summed E-state index contributed by atoms with van der Waals surface area (Å²) in [5.41, 5.74) is 3.82. The lowest BCUT2D eigenvalue weighted by Crippen LogP contribution is -2.23. The minimum absolute atomic E-state index is 0.284. The second kappa shape index (κ2) is 6.27. The third kappa shape index (κ3) is 2.96. The highest BCUT2D eigenvalue weighted by Gasteiger charge is 2.21. The van der Waals surface area contributed by atoms with Crippen LogP contribution in [0.15, 0.2) is 16.8 Å². The van der Waals surface area contributed by atoms with Crippen LogP contribution in [-0.2, 0) is 13.0 Å². The fourth-order valence-electron chi connectivity index (χ4n) is 2.76. The molecule has 1 atom stereocenters. The summed E-state index contributed by atoms with van der Waals surface area (Å²) in [4.78, 5) is 0. The zero-order valence-electron chi connectivity index (χ0n) is 13.2. The van der Waals surface area contributed by atoms with Crippen molar-refractivity contribution in [3.05, 3.63) is 40.6 Å². The van der Waals surface area contributed by atoms with Gasteiger partial charge in [-0.1, -0.05) is 6.92 Å². The van der Waals surface area contributed by atoms with E-state index in [0.717, 1.165) is 31.0 Å². The van der Waals surface area contributed by atoms with Crippen LogP contribution in [0.4, 0.5) is 0 Å². The fraction of sp³-hybridized carbons (Fsp3) is 0.562. The molecule has 2 aromatic rings. The number of rotatable bonds is 6. The summed E-state index contributed by atoms with van der Waals surface area (Å²) in [6.45, 7) is 12.3. The maximum Gasteiger partial charge on any atom is 0.106 e. The lowest BCUT2D eigenvalue weighted by atomic mass is 9.97. The summed E-state index contributed by atoms with van der Waals surface area (Å²) in [6, 6.07) is 0.284. The Morgan fingerprint density at radius 1 is 1.25 bits per heavy atom. The van der Waals surface area contributed by atoms with Gasteiger partial charge in [0.1, 0.15) is 11.5 Å². The van der Waals surface area contributed by atoms with Crippen molar-refractivity contribution in [1.82, 2.24) is 15.1 Å². The molecule has 0 aliphatic carbocycles. The standard InChI is InChI=1S/C16H25N3O/c1-6-17-15(8-14-9-18-19(7-2)10-14)16-11(3)12(4)20-13(16)5/h9-10,15,17H,6-8H2,1-5H3. The van der Waals surface area contributed by atoms with Gasteiger partial charge in [0, 0.05) is 24.3 Å². The van der Waals surface area contributed by atoms with Crippen molar-refractivity contribution in [2.24, 2.45) is 0 Å². The number of aromatic nitrogens is 2. The van der Waals surface area contributed by atoms with Gasteiger partial charge in [0.25, 0.3) is 0 Å². The first-order valence-corrected chi connectivity index (χ1v) is 7.38. The summed E-state index contributed by atoms with van der Waals surface area (Å²) in [7, 11) is 0. The lowest BCUT2D eigenvalue weighted by Gasteiger charge is -2.18. The maximum absolute atomic E-state index is 5.78. The number of nitrogens with one attached hydrogen (secondary N) is 1. The van der Waals surface area contributed by atoms with Crippen LogP contribution in [-0.4, -0.2) is 16.3 Å². The quantitative estimate of drug-likeness (QED) is 0.879. The predicted molar refractivity (Wildman–Crippen MR) is 80.9 cm³/mol. The van der Waals surface area contributed by atoms with Crippen molar-refractivity contribution in [3.8, 4) is 0 Å². The Morgan fingerprint density at radius 2 is 2.00 bits per heavy atom. The SMILES string of the molecule is CCNC(Cc1cnn(CC)c1)c1c(C)oc(C)c1C. The van der Waals surface area contributed by atoms with Crippen molar-refractivity contribution >= 4 is 0 Å². The third-order valence-electron chi connectivity index (χ3n) is 3.87. The van der Waals surface area contributed by atoms with Gasteiger partial charge in [-0.25, -0.2) is 0 Å². The molecule has 20 heavy (non-hydrogen) atoms. The van der Waals surface area contributed by atoms with Gasteiger partial charge in [0.05, 0.1) is 6.20 Å². The molecule has 4 heteroatoms.